The van der Waals surface area contributed by atoms with Gasteiger partial charge < -0.3 is 9.88 Å². The fourth-order valence-corrected chi connectivity index (χ4v) is 4.03. The molecule has 1 aliphatic heterocycles. The number of amides is 1. The average Bonchev–Trinajstić information content (AvgIpc) is 2.74. The molecule has 0 radical (unpaired) electrons. The molecule has 1 atom stereocenters. The van der Waals surface area contributed by atoms with E-state index in [4.69, 9.17) is 0 Å². The highest BCUT2D eigenvalue weighted by atomic mass is 19.1. The molecule has 0 spiro atoms. The van der Waals surface area contributed by atoms with Crippen LogP contribution in [0.3, 0.4) is 0 Å². The first-order chi connectivity index (χ1) is 14.0. The van der Waals surface area contributed by atoms with Crippen molar-refractivity contribution in [1.82, 2.24) is 14.5 Å². The molecule has 1 saturated heterocycles. The van der Waals surface area contributed by atoms with Gasteiger partial charge in [-0.1, -0.05) is 30.3 Å². The average molecular weight is 395 g/mol. The fraction of sp³-hybridized carbons (Fsp3) is 0.318. The van der Waals surface area contributed by atoms with Gasteiger partial charge in [0.2, 0.25) is 5.91 Å². The van der Waals surface area contributed by atoms with Gasteiger partial charge in [-0.3, -0.25) is 14.2 Å². The van der Waals surface area contributed by atoms with E-state index in [9.17, 15) is 18.8 Å². The zero-order chi connectivity index (χ0) is 20.5. The highest BCUT2D eigenvalue weighted by Gasteiger charge is 2.29. The van der Waals surface area contributed by atoms with Crippen molar-refractivity contribution in [3.63, 3.8) is 0 Å². The summed E-state index contributed by atoms with van der Waals surface area (Å²) in [6.07, 6.45) is 0.994. The van der Waals surface area contributed by atoms with Crippen molar-refractivity contribution in [3.05, 3.63) is 80.7 Å². The zero-order valence-electron chi connectivity index (χ0n) is 16.1. The van der Waals surface area contributed by atoms with E-state index < -0.39 is 17.1 Å². The number of aromatic amines is 1. The number of benzene rings is 2. The lowest BCUT2D eigenvalue weighted by molar-refractivity contribution is -0.133. The lowest BCUT2D eigenvalue weighted by Gasteiger charge is -2.34. The van der Waals surface area contributed by atoms with Crippen molar-refractivity contribution >= 4 is 16.8 Å². The number of nitrogens with one attached hydrogen (secondary N) is 1. The molecular weight excluding hydrogens is 373 g/mol. The third-order valence-corrected chi connectivity index (χ3v) is 5.70. The summed E-state index contributed by atoms with van der Waals surface area (Å²) in [6.45, 7) is 2.82. The number of halogens is 1. The van der Waals surface area contributed by atoms with Gasteiger partial charge in [0.25, 0.3) is 5.56 Å². The summed E-state index contributed by atoms with van der Waals surface area (Å²) in [5.41, 5.74) is 0.285. The minimum atomic E-state index is -0.525. The lowest BCUT2D eigenvalue weighted by atomic mass is 9.97. The van der Waals surface area contributed by atoms with Gasteiger partial charge in [-0.15, -0.1) is 0 Å². The number of H-pyrrole nitrogens is 1. The fourth-order valence-electron chi connectivity index (χ4n) is 4.03. The zero-order valence-corrected chi connectivity index (χ0v) is 16.1. The molecule has 0 saturated carbocycles. The number of rotatable bonds is 3. The number of piperidine rings is 1. The van der Waals surface area contributed by atoms with Gasteiger partial charge in [-0.05, 0) is 43.5 Å². The van der Waals surface area contributed by atoms with Crippen molar-refractivity contribution in [2.45, 2.75) is 31.7 Å². The molecule has 0 aliphatic carbocycles. The number of hydrogen-bond donors (Lipinski definition) is 1. The van der Waals surface area contributed by atoms with E-state index in [2.05, 4.69) is 4.98 Å². The molecule has 2 aromatic carbocycles. The molecule has 1 fully saturated rings. The maximum atomic E-state index is 13.6. The molecule has 6 nitrogen and oxygen atoms in total. The summed E-state index contributed by atoms with van der Waals surface area (Å²) in [4.78, 5) is 42.6. The van der Waals surface area contributed by atoms with Crippen LogP contribution in [-0.2, 0) is 4.79 Å². The number of nitrogens with zero attached hydrogens (tertiary/aromatic N) is 2. The Morgan fingerprint density at radius 3 is 2.48 bits per heavy atom. The van der Waals surface area contributed by atoms with Crippen molar-refractivity contribution in [2.75, 3.05) is 13.1 Å². The maximum Gasteiger partial charge on any atom is 0.329 e. The number of carbonyl (C=O) groups excluding carboxylic acids is 1. The third kappa shape index (κ3) is 3.60. The third-order valence-electron chi connectivity index (χ3n) is 5.70. The van der Waals surface area contributed by atoms with Crippen LogP contribution in [0.5, 0.6) is 0 Å². The molecule has 2 heterocycles. The first-order valence-corrected chi connectivity index (χ1v) is 9.73. The molecule has 1 aliphatic rings. The predicted molar refractivity (Wildman–Crippen MR) is 108 cm³/mol. The van der Waals surface area contributed by atoms with Crippen molar-refractivity contribution in [2.24, 2.45) is 0 Å². The summed E-state index contributed by atoms with van der Waals surface area (Å²) < 4.78 is 14.7. The minimum Gasteiger partial charge on any atom is -0.342 e. The largest absolute Gasteiger partial charge is 0.342 e. The van der Waals surface area contributed by atoms with Crippen LogP contribution in [0.2, 0.25) is 0 Å². The van der Waals surface area contributed by atoms with Crippen LogP contribution < -0.4 is 11.2 Å². The summed E-state index contributed by atoms with van der Waals surface area (Å²) in [5.74, 6) is -0.734. The second kappa shape index (κ2) is 7.66. The maximum absolute atomic E-state index is 13.6. The predicted octanol–water partition coefficient (Wildman–Crippen LogP) is 2.80. The van der Waals surface area contributed by atoms with Crippen LogP contribution in [0.1, 0.15) is 37.3 Å². The Morgan fingerprint density at radius 1 is 1.10 bits per heavy atom. The second-order valence-corrected chi connectivity index (χ2v) is 7.48. The van der Waals surface area contributed by atoms with Crippen LogP contribution in [0, 0.1) is 5.82 Å². The summed E-state index contributed by atoms with van der Waals surface area (Å²) in [5, 5.41) is 0.154. The minimum absolute atomic E-state index is 0.0384. The highest BCUT2D eigenvalue weighted by Crippen LogP contribution is 2.24. The Balaban J connectivity index is 1.54. The van der Waals surface area contributed by atoms with E-state index in [0.29, 0.717) is 31.4 Å². The molecule has 1 amide bonds. The van der Waals surface area contributed by atoms with Crippen molar-refractivity contribution in [3.8, 4) is 0 Å². The van der Waals surface area contributed by atoms with Crippen molar-refractivity contribution < 1.29 is 9.18 Å². The molecule has 7 heteroatoms. The summed E-state index contributed by atoms with van der Waals surface area (Å²) in [6, 6.07) is 13.0. The van der Waals surface area contributed by atoms with E-state index in [1.165, 1.54) is 16.7 Å². The molecule has 0 bridgehead atoms. The van der Waals surface area contributed by atoms with Gasteiger partial charge in [-0.25, -0.2) is 9.18 Å². The Labute approximate surface area is 166 Å². The first-order valence-electron chi connectivity index (χ1n) is 9.73. The topological polar surface area (TPSA) is 75.2 Å². The lowest BCUT2D eigenvalue weighted by Crippen LogP contribution is -2.45. The van der Waals surface area contributed by atoms with Gasteiger partial charge in [-0.2, -0.15) is 0 Å². The highest BCUT2D eigenvalue weighted by molar-refractivity contribution is 5.83. The van der Waals surface area contributed by atoms with Gasteiger partial charge in [0.15, 0.2) is 0 Å². The van der Waals surface area contributed by atoms with Crippen LogP contribution in [0.25, 0.3) is 10.9 Å². The molecule has 3 aromatic rings. The Hall–Kier alpha value is -3.22. The summed E-state index contributed by atoms with van der Waals surface area (Å²) in [7, 11) is 0. The molecule has 1 aromatic heterocycles. The monoisotopic (exact) mass is 395 g/mol. The van der Waals surface area contributed by atoms with Gasteiger partial charge >= 0.3 is 5.69 Å². The summed E-state index contributed by atoms with van der Waals surface area (Å²) >= 11 is 0. The van der Waals surface area contributed by atoms with E-state index in [1.54, 1.807) is 4.90 Å². The van der Waals surface area contributed by atoms with Gasteiger partial charge in [0.1, 0.15) is 5.82 Å². The van der Waals surface area contributed by atoms with Crippen LogP contribution in [0.15, 0.2) is 58.1 Å². The van der Waals surface area contributed by atoms with Crippen LogP contribution in [0.4, 0.5) is 4.39 Å². The van der Waals surface area contributed by atoms with Crippen LogP contribution in [-0.4, -0.2) is 33.4 Å². The first kappa shape index (κ1) is 19.1. The Morgan fingerprint density at radius 2 is 1.79 bits per heavy atom. The number of fused-ring (bicyclic) bond motifs is 1. The molecule has 150 valence electrons. The Kier molecular flexibility index (Phi) is 5.05. The normalized spacial score (nSPS) is 16.1. The smallest absolute Gasteiger partial charge is 0.329 e. The molecule has 29 heavy (non-hydrogen) atoms. The van der Waals surface area contributed by atoms with Gasteiger partial charge in [0, 0.05) is 19.1 Å². The number of carbonyl (C=O) groups is 1. The number of likely N-dealkylation sites (tertiary alicyclic amines) is 1. The number of hydrogen-bond acceptors (Lipinski definition) is 3. The van der Waals surface area contributed by atoms with E-state index in [1.807, 2.05) is 37.3 Å². The molecular formula is C22H22FN3O3. The van der Waals surface area contributed by atoms with E-state index in [0.717, 1.165) is 11.6 Å². The number of aromatic nitrogens is 2. The van der Waals surface area contributed by atoms with E-state index in [-0.39, 0.29) is 23.3 Å². The van der Waals surface area contributed by atoms with E-state index >= 15 is 0 Å². The van der Waals surface area contributed by atoms with Gasteiger partial charge in [0.05, 0.1) is 16.8 Å². The standard InChI is InChI=1S/C22H22FN3O3/c1-14(15-5-3-2-4-6-15)20(27)25-11-9-17(10-12-25)26-21(28)18-13-16(23)7-8-19(18)24-22(26)29/h2-8,13-14,17H,9-12H2,1H3,(H,24,29)/t14-/m0/s1. The SMILES string of the molecule is C[C@H](C(=O)N1CCC(n2c(=O)[nH]c3ccc(F)cc3c2=O)CC1)c1ccccc1. The molecule has 1 N–H and O–H groups in total. The quantitative estimate of drug-likeness (QED) is 0.741. The molecule has 0 unspecified atom stereocenters. The molecule has 4 rings (SSSR count). The Bertz CT molecular complexity index is 1160. The second-order valence-electron chi connectivity index (χ2n) is 7.48. The van der Waals surface area contributed by atoms with Crippen molar-refractivity contribution in [1.29, 1.82) is 0 Å². The van der Waals surface area contributed by atoms with Crippen LogP contribution >= 0.6 is 0 Å².